The zero-order valence-corrected chi connectivity index (χ0v) is 12.7. The van der Waals surface area contributed by atoms with E-state index < -0.39 is 5.51 Å². The van der Waals surface area contributed by atoms with Gasteiger partial charge in [0, 0.05) is 30.8 Å². The predicted molar refractivity (Wildman–Crippen MR) is 77.3 cm³/mol. The molecule has 0 aliphatic rings. The number of aromatic nitrogens is 2. The van der Waals surface area contributed by atoms with Gasteiger partial charge in [0.05, 0.1) is 0 Å². The van der Waals surface area contributed by atoms with Gasteiger partial charge >= 0.3 is 5.51 Å². The lowest BCUT2D eigenvalue weighted by molar-refractivity contribution is -0.0327. The van der Waals surface area contributed by atoms with E-state index in [1.165, 1.54) is 0 Å². The van der Waals surface area contributed by atoms with Gasteiger partial charge in [-0.1, -0.05) is 20.8 Å². The number of rotatable bonds is 5. The Morgan fingerprint density at radius 3 is 2.25 bits per heavy atom. The van der Waals surface area contributed by atoms with Crippen molar-refractivity contribution in [3.63, 3.8) is 0 Å². The van der Waals surface area contributed by atoms with Gasteiger partial charge in [0.2, 0.25) is 0 Å². The third-order valence-corrected chi connectivity index (χ3v) is 3.06. The van der Waals surface area contributed by atoms with Gasteiger partial charge in [-0.3, -0.25) is 0 Å². The Morgan fingerprint density at radius 1 is 1.15 bits per heavy atom. The zero-order chi connectivity index (χ0) is 15.4. The summed E-state index contributed by atoms with van der Waals surface area (Å²) in [7, 11) is 1.73. The van der Waals surface area contributed by atoms with Crippen molar-refractivity contribution in [2.75, 3.05) is 30.0 Å². The van der Waals surface area contributed by atoms with E-state index >= 15 is 0 Å². The van der Waals surface area contributed by atoms with Crippen LogP contribution in [0.1, 0.15) is 26.6 Å². The van der Waals surface area contributed by atoms with Crippen molar-refractivity contribution < 1.29 is 13.2 Å². The number of nitrogens with one attached hydrogen (secondary N) is 2. The fourth-order valence-electron chi connectivity index (χ4n) is 1.35. The third kappa shape index (κ3) is 5.85. The van der Waals surface area contributed by atoms with Crippen LogP contribution >= 0.6 is 11.8 Å². The number of alkyl halides is 3. The van der Waals surface area contributed by atoms with Gasteiger partial charge in [-0.05, 0) is 11.8 Å². The van der Waals surface area contributed by atoms with Crippen LogP contribution in [0.15, 0.2) is 6.07 Å². The van der Waals surface area contributed by atoms with Gasteiger partial charge in [0.1, 0.15) is 17.5 Å². The van der Waals surface area contributed by atoms with Crippen LogP contribution in [0.2, 0.25) is 0 Å². The van der Waals surface area contributed by atoms with Crippen LogP contribution in [0.3, 0.4) is 0 Å². The lowest BCUT2D eigenvalue weighted by Crippen LogP contribution is -2.19. The highest BCUT2D eigenvalue weighted by molar-refractivity contribution is 8.00. The van der Waals surface area contributed by atoms with E-state index in [4.69, 9.17) is 0 Å². The first kappa shape index (κ1) is 16.9. The summed E-state index contributed by atoms with van der Waals surface area (Å²) < 4.78 is 36.1. The standard InChI is InChI=1S/C12H19F3N4S/c1-11(2,3)10-18-8(16-4)7-9(19-10)17-5-6-20-12(13,14)15/h7H,5-6H2,1-4H3,(H2,16,17,18,19). The molecule has 0 saturated heterocycles. The number of halogens is 3. The normalized spacial score (nSPS) is 12.3. The molecule has 0 aliphatic heterocycles. The molecule has 1 aromatic rings. The Balaban J connectivity index is 2.70. The fraction of sp³-hybridized carbons (Fsp3) is 0.667. The number of anilines is 2. The first-order valence-corrected chi connectivity index (χ1v) is 7.12. The third-order valence-electron chi connectivity index (χ3n) is 2.33. The van der Waals surface area contributed by atoms with Crippen molar-refractivity contribution in [2.45, 2.75) is 31.7 Å². The van der Waals surface area contributed by atoms with Crippen molar-refractivity contribution >= 4 is 23.4 Å². The molecule has 1 rings (SSSR count). The van der Waals surface area contributed by atoms with Crippen LogP contribution in [0.5, 0.6) is 0 Å². The summed E-state index contributed by atoms with van der Waals surface area (Å²) >= 11 is -0.0490. The van der Waals surface area contributed by atoms with Gasteiger partial charge in [-0.15, -0.1) is 0 Å². The molecule has 114 valence electrons. The van der Waals surface area contributed by atoms with Crippen LogP contribution < -0.4 is 10.6 Å². The average Bonchev–Trinajstić information content (AvgIpc) is 2.32. The van der Waals surface area contributed by atoms with Crippen LogP contribution in [0.4, 0.5) is 24.8 Å². The lowest BCUT2D eigenvalue weighted by atomic mass is 9.96. The van der Waals surface area contributed by atoms with E-state index in [-0.39, 0.29) is 29.5 Å². The summed E-state index contributed by atoms with van der Waals surface area (Å²) in [6, 6.07) is 1.67. The molecule has 1 heterocycles. The van der Waals surface area contributed by atoms with Crippen molar-refractivity contribution in [2.24, 2.45) is 0 Å². The number of thioether (sulfide) groups is 1. The Kier molecular flexibility index (Phi) is 5.50. The SMILES string of the molecule is CNc1cc(NCCSC(F)(F)F)nc(C(C)(C)C)n1. The molecule has 0 saturated carbocycles. The maximum Gasteiger partial charge on any atom is 0.441 e. The highest BCUT2D eigenvalue weighted by Gasteiger charge is 2.27. The molecule has 4 nitrogen and oxygen atoms in total. The highest BCUT2D eigenvalue weighted by atomic mass is 32.2. The molecule has 8 heteroatoms. The molecular weight excluding hydrogens is 289 g/mol. The summed E-state index contributed by atoms with van der Waals surface area (Å²) in [5, 5.41) is 5.81. The van der Waals surface area contributed by atoms with E-state index in [1.807, 2.05) is 20.8 Å². The van der Waals surface area contributed by atoms with Crippen molar-refractivity contribution in [1.82, 2.24) is 9.97 Å². The first-order chi connectivity index (χ1) is 9.12. The van der Waals surface area contributed by atoms with Gasteiger partial charge in [0.25, 0.3) is 0 Å². The molecule has 0 amide bonds. The zero-order valence-electron chi connectivity index (χ0n) is 11.9. The van der Waals surface area contributed by atoms with Crippen LogP contribution in [-0.4, -0.2) is 34.8 Å². The maximum atomic E-state index is 12.0. The molecule has 2 N–H and O–H groups in total. The molecule has 0 bridgehead atoms. The second-order valence-corrected chi connectivity index (χ2v) is 6.34. The van der Waals surface area contributed by atoms with Gasteiger partial charge in [-0.25, -0.2) is 9.97 Å². The summed E-state index contributed by atoms with van der Waals surface area (Å²) in [4.78, 5) is 8.68. The average molecular weight is 308 g/mol. The number of hydrogen-bond donors (Lipinski definition) is 2. The Bertz CT molecular complexity index is 443. The first-order valence-electron chi connectivity index (χ1n) is 6.14. The van der Waals surface area contributed by atoms with E-state index in [2.05, 4.69) is 20.6 Å². The highest BCUT2D eigenvalue weighted by Crippen LogP contribution is 2.29. The smallest absolute Gasteiger partial charge is 0.373 e. The fourth-order valence-corrected chi connectivity index (χ4v) is 1.78. The minimum atomic E-state index is -4.19. The molecule has 0 spiro atoms. The van der Waals surface area contributed by atoms with Crippen molar-refractivity contribution in [3.8, 4) is 0 Å². The second-order valence-electron chi connectivity index (χ2n) is 5.18. The largest absolute Gasteiger partial charge is 0.441 e. The minimum Gasteiger partial charge on any atom is -0.373 e. The van der Waals surface area contributed by atoms with Gasteiger partial charge in [-0.2, -0.15) is 13.2 Å². The molecule has 0 unspecified atom stereocenters. The second kappa shape index (κ2) is 6.51. The summed E-state index contributed by atoms with van der Waals surface area (Å²) in [5.41, 5.74) is -4.43. The predicted octanol–water partition coefficient (Wildman–Crippen LogP) is 3.48. The molecule has 0 radical (unpaired) electrons. The van der Waals surface area contributed by atoms with Crippen LogP contribution in [0, 0.1) is 0 Å². The van der Waals surface area contributed by atoms with Gasteiger partial charge < -0.3 is 10.6 Å². The van der Waals surface area contributed by atoms with Crippen molar-refractivity contribution in [1.29, 1.82) is 0 Å². The monoisotopic (exact) mass is 308 g/mol. The number of nitrogens with zero attached hydrogens (tertiary/aromatic N) is 2. The Labute approximate surface area is 121 Å². The van der Waals surface area contributed by atoms with Crippen LogP contribution in [-0.2, 0) is 5.41 Å². The molecule has 0 atom stereocenters. The molecule has 0 aromatic carbocycles. The van der Waals surface area contributed by atoms with E-state index in [1.54, 1.807) is 13.1 Å². The summed E-state index contributed by atoms with van der Waals surface area (Å²) in [5.74, 6) is 1.73. The molecule has 20 heavy (non-hydrogen) atoms. The summed E-state index contributed by atoms with van der Waals surface area (Å²) in [6.07, 6.45) is 0. The summed E-state index contributed by atoms with van der Waals surface area (Å²) in [6.45, 7) is 6.12. The van der Waals surface area contributed by atoms with E-state index in [0.717, 1.165) is 0 Å². The van der Waals surface area contributed by atoms with Crippen molar-refractivity contribution in [3.05, 3.63) is 11.9 Å². The quantitative estimate of drug-likeness (QED) is 0.816. The topological polar surface area (TPSA) is 49.8 Å². The minimum absolute atomic E-state index is 0.0490. The molecule has 0 fully saturated rings. The molecular formula is C12H19F3N4S. The van der Waals surface area contributed by atoms with Gasteiger partial charge in [0.15, 0.2) is 0 Å². The van der Waals surface area contributed by atoms with E-state index in [0.29, 0.717) is 17.5 Å². The number of hydrogen-bond acceptors (Lipinski definition) is 5. The Morgan fingerprint density at radius 2 is 1.75 bits per heavy atom. The van der Waals surface area contributed by atoms with Crippen LogP contribution in [0.25, 0.3) is 0 Å². The maximum absolute atomic E-state index is 12.0. The molecule has 0 aliphatic carbocycles. The molecule has 1 aromatic heterocycles. The Hall–Kier alpha value is -1.18. The van der Waals surface area contributed by atoms with E-state index in [9.17, 15) is 13.2 Å². The lowest BCUT2D eigenvalue weighted by Gasteiger charge is -2.19.